The van der Waals surface area contributed by atoms with Crippen LogP contribution in [0.1, 0.15) is 12.0 Å². The lowest BCUT2D eigenvalue weighted by Gasteiger charge is -2.29. The molecule has 2 N–H and O–H groups in total. The van der Waals surface area contributed by atoms with E-state index in [0.717, 1.165) is 0 Å². The number of amides is 3. The number of rotatable bonds is 5. The van der Waals surface area contributed by atoms with Crippen molar-refractivity contribution in [1.82, 2.24) is 10.6 Å². The van der Waals surface area contributed by atoms with Gasteiger partial charge in [0, 0.05) is 12.3 Å². The fourth-order valence-electron chi connectivity index (χ4n) is 3.75. The highest BCUT2D eigenvalue weighted by Gasteiger charge is 2.38. The second-order valence-corrected chi connectivity index (χ2v) is 8.71. The molecule has 0 aliphatic carbocycles. The van der Waals surface area contributed by atoms with Crippen molar-refractivity contribution in [3.63, 3.8) is 0 Å². The third-order valence-corrected chi connectivity index (χ3v) is 6.73. The van der Waals surface area contributed by atoms with E-state index in [2.05, 4.69) is 10.6 Å². The Kier molecular flexibility index (Phi) is 6.22. The first-order chi connectivity index (χ1) is 14.9. The van der Waals surface area contributed by atoms with Crippen LogP contribution in [-0.4, -0.2) is 47.4 Å². The number of para-hydroxylation sites is 1. The molecule has 0 radical (unpaired) electrons. The van der Waals surface area contributed by atoms with Crippen LogP contribution in [0.3, 0.4) is 0 Å². The first-order valence-corrected chi connectivity index (χ1v) is 11.0. The van der Waals surface area contributed by atoms with E-state index in [0.29, 0.717) is 24.3 Å². The molecular formula is C22H21F2N3O3S. The third kappa shape index (κ3) is 4.56. The van der Waals surface area contributed by atoms with Crippen LogP contribution in [0.15, 0.2) is 48.5 Å². The van der Waals surface area contributed by atoms with E-state index >= 15 is 0 Å². The zero-order chi connectivity index (χ0) is 22.0. The molecule has 0 aromatic heterocycles. The molecule has 2 aromatic rings. The van der Waals surface area contributed by atoms with Gasteiger partial charge < -0.3 is 15.5 Å². The van der Waals surface area contributed by atoms with Crippen LogP contribution in [0.25, 0.3) is 0 Å². The minimum atomic E-state index is -0.787. The van der Waals surface area contributed by atoms with E-state index in [1.807, 2.05) is 0 Å². The van der Waals surface area contributed by atoms with Crippen LogP contribution in [-0.2, 0) is 20.8 Å². The van der Waals surface area contributed by atoms with Crippen molar-refractivity contribution in [2.24, 2.45) is 0 Å². The second kappa shape index (κ2) is 9.05. The lowest BCUT2D eigenvalue weighted by molar-refractivity contribution is -0.130. The summed E-state index contributed by atoms with van der Waals surface area (Å²) in [5, 5.41) is 4.84. The molecule has 9 heteroatoms. The number of carbonyl (C=O) groups is 3. The van der Waals surface area contributed by atoms with Gasteiger partial charge in [-0.15, -0.1) is 11.8 Å². The molecular weight excluding hydrogens is 424 g/mol. The quantitative estimate of drug-likeness (QED) is 0.738. The predicted octanol–water partition coefficient (Wildman–Crippen LogP) is 2.03. The summed E-state index contributed by atoms with van der Waals surface area (Å²) in [7, 11) is 0. The van der Waals surface area contributed by atoms with Gasteiger partial charge in [0.15, 0.2) is 0 Å². The molecule has 2 aromatic carbocycles. The topological polar surface area (TPSA) is 78.5 Å². The minimum Gasteiger partial charge on any atom is -0.343 e. The summed E-state index contributed by atoms with van der Waals surface area (Å²) >= 11 is 1.28. The number of nitrogens with zero attached hydrogens (tertiary/aromatic N) is 1. The molecule has 2 aliphatic rings. The molecule has 2 heterocycles. The molecule has 2 aliphatic heterocycles. The SMILES string of the molecule is O=C(N[C@@H]1CCN(c2ccccc2F)C1=O)[C@@H]1CS[C@H](Cc2ccccc2F)C(=O)N1. The maximum atomic E-state index is 14.0. The van der Waals surface area contributed by atoms with Gasteiger partial charge in [0.1, 0.15) is 23.7 Å². The molecule has 31 heavy (non-hydrogen) atoms. The van der Waals surface area contributed by atoms with Crippen molar-refractivity contribution in [2.75, 3.05) is 17.2 Å². The van der Waals surface area contributed by atoms with Gasteiger partial charge >= 0.3 is 0 Å². The molecule has 0 unspecified atom stereocenters. The number of hydrogen-bond donors (Lipinski definition) is 2. The Balaban J connectivity index is 1.33. The van der Waals surface area contributed by atoms with Gasteiger partial charge in [-0.1, -0.05) is 30.3 Å². The van der Waals surface area contributed by atoms with E-state index < -0.39 is 29.1 Å². The van der Waals surface area contributed by atoms with Crippen molar-refractivity contribution >= 4 is 35.2 Å². The average molecular weight is 445 g/mol. The molecule has 6 nitrogen and oxygen atoms in total. The summed E-state index contributed by atoms with van der Waals surface area (Å²) < 4.78 is 27.9. The van der Waals surface area contributed by atoms with Gasteiger partial charge in [0.25, 0.3) is 0 Å². The Morgan fingerprint density at radius 3 is 2.52 bits per heavy atom. The number of anilines is 1. The zero-order valence-corrected chi connectivity index (χ0v) is 17.3. The van der Waals surface area contributed by atoms with Gasteiger partial charge in [0.2, 0.25) is 17.7 Å². The standard InChI is InChI=1S/C22H21F2N3O3S/c23-14-6-2-1-5-13(14)11-19-21(29)26-17(12-31-19)20(28)25-16-9-10-27(22(16)30)18-8-4-3-7-15(18)24/h1-8,16-17,19H,9-12H2,(H,25,28)(H,26,29)/t16-,17+,19-/m1/s1. The van der Waals surface area contributed by atoms with Crippen molar-refractivity contribution in [2.45, 2.75) is 30.2 Å². The van der Waals surface area contributed by atoms with Gasteiger partial charge in [-0.05, 0) is 36.6 Å². The number of thioether (sulfide) groups is 1. The second-order valence-electron chi connectivity index (χ2n) is 7.47. The van der Waals surface area contributed by atoms with Gasteiger partial charge in [-0.25, -0.2) is 8.78 Å². The highest BCUT2D eigenvalue weighted by atomic mass is 32.2. The molecule has 4 rings (SSSR count). The van der Waals surface area contributed by atoms with Gasteiger partial charge in [-0.2, -0.15) is 0 Å². The number of halogens is 2. The van der Waals surface area contributed by atoms with Crippen molar-refractivity contribution in [3.05, 3.63) is 65.7 Å². The Morgan fingerprint density at radius 2 is 1.81 bits per heavy atom. The predicted molar refractivity (Wildman–Crippen MR) is 114 cm³/mol. The smallest absolute Gasteiger partial charge is 0.249 e. The lowest BCUT2D eigenvalue weighted by atomic mass is 10.1. The summed E-state index contributed by atoms with van der Waals surface area (Å²) in [5.74, 6) is -1.74. The Labute approximate surface area is 182 Å². The molecule has 3 amide bonds. The summed E-state index contributed by atoms with van der Waals surface area (Å²) in [5.41, 5.74) is 0.629. The van der Waals surface area contributed by atoms with E-state index in [4.69, 9.17) is 0 Å². The summed E-state index contributed by atoms with van der Waals surface area (Å²) in [6.45, 7) is 0.293. The summed E-state index contributed by atoms with van der Waals surface area (Å²) in [6, 6.07) is 10.7. The lowest BCUT2D eigenvalue weighted by Crippen LogP contribution is -2.56. The number of nitrogens with one attached hydrogen (secondary N) is 2. The molecule has 2 saturated heterocycles. The zero-order valence-electron chi connectivity index (χ0n) is 16.5. The highest BCUT2D eigenvalue weighted by molar-refractivity contribution is 8.00. The molecule has 0 bridgehead atoms. The molecule has 0 spiro atoms. The fraction of sp³-hybridized carbons (Fsp3) is 0.318. The van der Waals surface area contributed by atoms with E-state index in [-0.39, 0.29) is 29.7 Å². The van der Waals surface area contributed by atoms with Gasteiger partial charge in [0.05, 0.1) is 10.9 Å². The van der Waals surface area contributed by atoms with E-state index in [9.17, 15) is 23.2 Å². The number of benzene rings is 2. The number of carbonyl (C=O) groups excluding carboxylic acids is 3. The first-order valence-electron chi connectivity index (χ1n) is 9.95. The molecule has 162 valence electrons. The highest BCUT2D eigenvalue weighted by Crippen LogP contribution is 2.26. The Hall–Kier alpha value is -2.94. The maximum Gasteiger partial charge on any atom is 0.249 e. The van der Waals surface area contributed by atoms with Crippen LogP contribution in [0, 0.1) is 11.6 Å². The largest absolute Gasteiger partial charge is 0.343 e. The Morgan fingerprint density at radius 1 is 1.10 bits per heavy atom. The van der Waals surface area contributed by atoms with Crippen LogP contribution >= 0.6 is 11.8 Å². The van der Waals surface area contributed by atoms with E-state index in [1.165, 1.54) is 34.9 Å². The van der Waals surface area contributed by atoms with E-state index in [1.54, 1.807) is 30.3 Å². The Bertz CT molecular complexity index is 1020. The third-order valence-electron chi connectivity index (χ3n) is 5.42. The van der Waals surface area contributed by atoms with Crippen molar-refractivity contribution in [3.8, 4) is 0 Å². The maximum absolute atomic E-state index is 14.0. The normalized spacial score (nSPS) is 23.5. The van der Waals surface area contributed by atoms with Crippen LogP contribution < -0.4 is 15.5 Å². The molecule has 3 atom stereocenters. The molecule has 0 saturated carbocycles. The summed E-state index contributed by atoms with van der Waals surface area (Å²) in [6.07, 6.45) is 0.582. The van der Waals surface area contributed by atoms with Crippen molar-refractivity contribution < 1.29 is 23.2 Å². The van der Waals surface area contributed by atoms with Crippen LogP contribution in [0.2, 0.25) is 0 Å². The van der Waals surface area contributed by atoms with Crippen LogP contribution in [0.5, 0.6) is 0 Å². The monoisotopic (exact) mass is 445 g/mol. The molecule has 2 fully saturated rings. The van der Waals surface area contributed by atoms with Crippen molar-refractivity contribution in [1.29, 1.82) is 0 Å². The fourth-order valence-corrected chi connectivity index (χ4v) is 4.92. The first kappa shape index (κ1) is 21.3. The minimum absolute atomic E-state index is 0.182. The average Bonchev–Trinajstić information content (AvgIpc) is 3.11. The number of hydrogen-bond acceptors (Lipinski definition) is 4. The summed E-state index contributed by atoms with van der Waals surface area (Å²) in [4.78, 5) is 39.0. The van der Waals surface area contributed by atoms with Crippen LogP contribution in [0.4, 0.5) is 14.5 Å². The van der Waals surface area contributed by atoms with Gasteiger partial charge in [-0.3, -0.25) is 14.4 Å².